The number of carbonyl (C=O) groups excluding carboxylic acids is 3. The second-order valence-corrected chi connectivity index (χ2v) is 7.37. The minimum Gasteiger partial charge on any atom is -0.394 e. The van der Waals surface area contributed by atoms with Crippen molar-refractivity contribution in [1.82, 2.24) is 15.5 Å². The summed E-state index contributed by atoms with van der Waals surface area (Å²) in [5.41, 5.74) is 0. The summed E-state index contributed by atoms with van der Waals surface area (Å²) in [6.45, 7) is 7.10. The standard InChI is InChI=1S/C18H29N3O4/c1-9(2)20-17(24)15-12-7-6-10(3)13(16(23)19-5)14(12)18(25)21(15)11(4)8-22/h6-7,9-15,22H,8H2,1-5H3,(H,19,23)(H,20,24)/t10-,11-,12+,13-,14+,15+/m1/s1. The molecule has 1 aliphatic carbocycles. The lowest BCUT2D eigenvalue weighted by Crippen LogP contribution is -2.52. The van der Waals surface area contributed by atoms with Gasteiger partial charge in [-0.05, 0) is 26.7 Å². The van der Waals surface area contributed by atoms with Crippen molar-refractivity contribution in [3.05, 3.63) is 12.2 Å². The van der Waals surface area contributed by atoms with Crippen LogP contribution in [0.1, 0.15) is 27.7 Å². The zero-order valence-electron chi connectivity index (χ0n) is 15.5. The van der Waals surface area contributed by atoms with Gasteiger partial charge in [-0.3, -0.25) is 14.4 Å². The number of allylic oxidation sites excluding steroid dienone is 1. The Hall–Kier alpha value is -1.89. The quantitative estimate of drug-likeness (QED) is 0.603. The molecule has 25 heavy (non-hydrogen) atoms. The van der Waals surface area contributed by atoms with Crippen LogP contribution in [0.5, 0.6) is 0 Å². The molecule has 1 aliphatic heterocycles. The van der Waals surface area contributed by atoms with E-state index in [1.54, 1.807) is 14.0 Å². The highest BCUT2D eigenvalue weighted by Gasteiger charge is 2.57. The molecule has 3 amide bonds. The van der Waals surface area contributed by atoms with Crippen LogP contribution in [0.25, 0.3) is 0 Å². The Kier molecular flexibility index (Phi) is 5.87. The number of aliphatic hydroxyl groups excluding tert-OH is 1. The average Bonchev–Trinajstić information content (AvgIpc) is 2.86. The third-order valence-electron chi connectivity index (χ3n) is 5.20. The predicted octanol–water partition coefficient (Wildman–Crippen LogP) is -0.0969. The largest absolute Gasteiger partial charge is 0.394 e. The van der Waals surface area contributed by atoms with E-state index >= 15 is 0 Å². The maximum atomic E-state index is 13.1. The monoisotopic (exact) mass is 351 g/mol. The van der Waals surface area contributed by atoms with Gasteiger partial charge in [-0.2, -0.15) is 0 Å². The Labute approximate surface area is 148 Å². The molecular weight excluding hydrogens is 322 g/mol. The molecule has 0 saturated carbocycles. The number of amides is 3. The molecule has 0 aromatic rings. The number of hydrogen-bond acceptors (Lipinski definition) is 4. The van der Waals surface area contributed by atoms with Crippen LogP contribution in [-0.2, 0) is 14.4 Å². The fourth-order valence-electron chi connectivity index (χ4n) is 4.04. The van der Waals surface area contributed by atoms with E-state index in [9.17, 15) is 19.5 Å². The number of nitrogens with one attached hydrogen (secondary N) is 2. The number of aliphatic hydroxyl groups is 1. The SMILES string of the molecule is CNC(=O)[C@H]1[C@H]2C(=O)N([C@H](C)CO)[C@H](C(=O)NC(C)C)[C@H]2C=C[C@H]1C. The van der Waals surface area contributed by atoms with Gasteiger partial charge >= 0.3 is 0 Å². The van der Waals surface area contributed by atoms with Crippen molar-refractivity contribution in [3.8, 4) is 0 Å². The number of hydrogen-bond donors (Lipinski definition) is 3. The molecule has 0 unspecified atom stereocenters. The van der Waals surface area contributed by atoms with Crippen molar-refractivity contribution >= 4 is 17.7 Å². The van der Waals surface area contributed by atoms with E-state index in [1.165, 1.54) is 4.90 Å². The highest BCUT2D eigenvalue weighted by Crippen LogP contribution is 2.44. The summed E-state index contributed by atoms with van der Waals surface area (Å²) in [5.74, 6) is -2.25. The van der Waals surface area contributed by atoms with Gasteiger partial charge in [-0.15, -0.1) is 0 Å². The highest BCUT2D eigenvalue weighted by molar-refractivity contribution is 5.97. The van der Waals surface area contributed by atoms with E-state index in [1.807, 2.05) is 32.9 Å². The Morgan fingerprint density at radius 1 is 1.24 bits per heavy atom. The first kappa shape index (κ1) is 19.4. The van der Waals surface area contributed by atoms with Crippen LogP contribution in [0.3, 0.4) is 0 Å². The zero-order chi connectivity index (χ0) is 18.9. The van der Waals surface area contributed by atoms with Gasteiger partial charge in [-0.25, -0.2) is 0 Å². The molecule has 6 atom stereocenters. The summed E-state index contributed by atoms with van der Waals surface area (Å²) >= 11 is 0. The minimum atomic E-state index is -0.710. The number of rotatable bonds is 5. The number of nitrogens with zero attached hydrogens (tertiary/aromatic N) is 1. The minimum absolute atomic E-state index is 0.0610. The second kappa shape index (κ2) is 7.56. The summed E-state index contributed by atoms with van der Waals surface area (Å²) in [4.78, 5) is 39.8. The third-order valence-corrected chi connectivity index (χ3v) is 5.20. The van der Waals surface area contributed by atoms with Gasteiger partial charge in [0.1, 0.15) is 6.04 Å². The Bertz CT molecular complexity index is 575. The lowest BCUT2D eigenvalue weighted by Gasteiger charge is -2.33. The molecule has 140 valence electrons. The zero-order valence-corrected chi connectivity index (χ0v) is 15.5. The van der Waals surface area contributed by atoms with Gasteiger partial charge in [0.15, 0.2) is 0 Å². The molecule has 1 saturated heterocycles. The highest BCUT2D eigenvalue weighted by atomic mass is 16.3. The molecule has 7 nitrogen and oxygen atoms in total. The van der Waals surface area contributed by atoms with E-state index in [2.05, 4.69) is 10.6 Å². The maximum absolute atomic E-state index is 13.1. The van der Waals surface area contributed by atoms with Crippen LogP contribution >= 0.6 is 0 Å². The van der Waals surface area contributed by atoms with Gasteiger partial charge in [-0.1, -0.05) is 19.1 Å². The molecular formula is C18H29N3O4. The number of fused-ring (bicyclic) bond motifs is 1. The van der Waals surface area contributed by atoms with Crippen molar-refractivity contribution in [1.29, 1.82) is 0 Å². The third kappa shape index (κ3) is 3.42. The van der Waals surface area contributed by atoms with Crippen LogP contribution in [-0.4, -0.2) is 59.5 Å². The maximum Gasteiger partial charge on any atom is 0.243 e. The summed E-state index contributed by atoms with van der Waals surface area (Å²) in [6.07, 6.45) is 3.80. The smallest absolute Gasteiger partial charge is 0.243 e. The van der Waals surface area contributed by atoms with Crippen molar-refractivity contribution in [2.45, 2.75) is 45.8 Å². The molecule has 1 heterocycles. The molecule has 2 aliphatic rings. The first-order valence-corrected chi connectivity index (χ1v) is 8.87. The molecule has 1 fully saturated rings. The summed E-state index contributed by atoms with van der Waals surface area (Å²) in [5, 5.41) is 15.1. The van der Waals surface area contributed by atoms with Crippen LogP contribution in [0.4, 0.5) is 0 Å². The second-order valence-electron chi connectivity index (χ2n) is 7.37. The lowest BCUT2D eigenvalue weighted by molar-refractivity contribution is -0.143. The lowest BCUT2D eigenvalue weighted by atomic mass is 9.70. The summed E-state index contributed by atoms with van der Waals surface area (Å²) in [7, 11) is 1.55. The molecule has 0 radical (unpaired) electrons. The van der Waals surface area contributed by atoms with Gasteiger partial charge in [0, 0.05) is 19.0 Å². The predicted molar refractivity (Wildman–Crippen MR) is 93.3 cm³/mol. The molecule has 0 aromatic heterocycles. The fourth-order valence-corrected chi connectivity index (χ4v) is 4.04. The van der Waals surface area contributed by atoms with Crippen molar-refractivity contribution in [2.75, 3.05) is 13.7 Å². The van der Waals surface area contributed by atoms with Gasteiger partial charge < -0.3 is 20.6 Å². The first-order valence-electron chi connectivity index (χ1n) is 8.87. The Morgan fingerprint density at radius 2 is 1.88 bits per heavy atom. The Balaban J connectivity index is 2.47. The number of likely N-dealkylation sites (tertiary alicyclic amines) is 1. The molecule has 0 spiro atoms. The van der Waals surface area contributed by atoms with Crippen molar-refractivity contribution < 1.29 is 19.5 Å². The van der Waals surface area contributed by atoms with Crippen LogP contribution in [0.2, 0.25) is 0 Å². The average molecular weight is 351 g/mol. The van der Waals surface area contributed by atoms with Crippen molar-refractivity contribution in [3.63, 3.8) is 0 Å². The van der Waals surface area contributed by atoms with Gasteiger partial charge in [0.2, 0.25) is 17.7 Å². The molecule has 0 aromatic carbocycles. The van der Waals surface area contributed by atoms with E-state index in [-0.39, 0.29) is 42.2 Å². The van der Waals surface area contributed by atoms with Crippen LogP contribution in [0.15, 0.2) is 12.2 Å². The van der Waals surface area contributed by atoms with E-state index < -0.39 is 23.9 Å². The molecule has 3 N–H and O–H groups in total. The van der Waals surface area contributed by atoms with E-state index in [4.69, 9.17) is 0 Å². The van der Waals surface area contributed by atoms with E-state index in [0.29, 0.717) is 0 Å². The molecule has 2 rings (SSSR count). The fraction of sp³-hybridized carbons (Fsp3) is 0.722. The van der Waals surface area contributed by atoms with Gasteiger partial charge in [0.25, 0.3) is 0 Å². The summed E-state index contributed by atoms with van der Waals surface area (Å²) < 4.78 is 0. The number of carbonyl (C=O) groups is 3. The van der Waals surface area contributed by atoms with Crippen LogP contribution < -0.4 is 10.6 Å². The first-order chi connectivity index (χ1) is 11.7. The van der Waals surface area contributed by atoms with Gasteiger partial charge in [0.05, 0.1) is 24.5 Å². The summed E-state index contributed by atoms with van der Waals surface area (Å²) in [6, 6.07) is -1.26. The van der Waals surface area contributed by atoms with Crippen LogP contribution in [0, 0.1) is 23.7 Å². The van der Waals surface area contributed by atoms with E-state index in [0.717, 1.165) is 0 Å². The molecule has 0 bridgehead atoms. The topological polar surface area (TPSA) is 98.7 Å². The Morgan fingerprint density at radius 3 is 2.40 bits per heavy atom. The van der Waals surface area contributed by atoms with Crippen molar-refractivity contribution in [2.24, 2.45) is 23.7 Å². The molecule has 7 heteroatoms. The normalized spacial score (nSPS) is 32.5.